The molecule has 4 unspecified atom stereocenters. The predicted octanol–water partition coefficient (Wildman–Crippen LogP) is 9.43. The molecule has 5 aliphatic carbocycles. The molecule has 0 amide bonds. The number of nitrogens with zero attached hydrogens (tertiary/aromatic N) is 3. The molecule has 10 atom stereocenters. The molecule has 1 aromatic heterocycles. The molecule has 2 N–H and O–H groups in total. The number of hydrogen-bond acceptors (Lipinski definition) is 6. The number of nitrogens with one attached hydrogen (secondary N) is 1. The monoisotopic (exact) mass is 726 g/mol. The Morgan fingerprint density at radius 3 is 2.43 bits per heavy atom. The molecule has 7 rings (SSSR count). The summed E-state index contributed by atoms with van der Waals surface area (Å²) in [6.45, 7) is 22.3. The van der Waals surface area contributed by atoms with Crippen molar-refractivity contribution in [3.05, 3.63) is 41.7 Å². The summed E-state index contributed by atoms with van der Waals surface area (Å²) in [5.41, 5.74) is 1.37. The number of carboxylic acids is 1. The van der Waals surface area contributed by atoms with Crippen molar-refractivity contribution in [3.63, 3.8) is 0 Å². The van der Waals surface area contributed by atoms with Gasteiger partial charge in [-0.1, -0.05) is 58.6 Å². The Balaban J connectivity index is 1.18. The largest absolute Gasteiger partial charge is 0.481 e. The Hall–Kier alpha value is -3.54. The van der Waals surface area contributed by atoms with Crippen LogP contribution in [-0.2, 0) is 14.3 Å². The summed E-state index contributed by atoms with van der Waals surface area (Å²) in [6.07, 6.45) is 10.3. The standard InChI is InChI=1S/C44H59FN4O4/c1-26(2)29-15-21-44(20-14-27-24-28(45)10-11-30(27)37-46-48-49-47-37)23-22-42(8)31(36(29)44)12-13-33-41(7)18-17-34(53-35(50)25-39(3,4)38(51)52)40(5,6)32(41)16-19-43(33,42)9/h10-11,24,29,31-34,36H,1,12-13,15-19,21-23,25H2,2-9H3,(H,51,52)(H,46,47,48,49)/t29-,31?,32?,33?,34-,36?,41-,42+,43+,44+/m0/s1. The molecule has 5 fully saturated rings. The highest BCUT2D eigenvalue weighted by Crippen LogP contribution is 2.77. The topological polar surface area (TPSA) is 118 Å². The average molecular weight is 727 g/mol. The van der Waals surface area contributed by atoms with Crippen LogP contribution in [0.4, 0.5) is 4.39 Å². The molecule has 1 aromatic carbocycles. The van der Waals surface area contributed by atoms with E-state index in [-0.39, 0.29) is 45.4 Å². The smallest absolute Gasteiger partial charge is 0.309 e. The fourth-order valence-electron chi connectivity index (χ4n) is 13.5. The Morgan fingerprint density at radius 2 is 1.75 bits per heavy atom. The van der Waals surface area contributed by atoms with Crippen LogP contribution in [0.2, 0.25) is 0 Å². The van der Waals surface area contributed by atoms with E-state index in [1.807, 2.05) is 0 Å². The van der Waals surface area contributed by atoms with Gasteiger partial charge < -0.3 is 9.84 Å². The Bertz CT molecular complexity index is 1860. The zero-order valence-electron chi connectivity index (χ0n) is 33.1. The van der Waals surface area contributed by atoms with E-state index in [0.717, 1.165) is 57.8 Å². The molecule has 53 heavy (non-hydrogen) atoms. The fraction of sp³-hybridized carbons (Fsp3) is 0.705. The average Bonchev–Trinajstić information content (AvgIpc) is 3.75. The van der Waals surface area contributed by atoms with E-state index in [9.17, 15) is 19.1 Å². The van der Waals surface area contributed by atoms with Gasteiger partial charge in [-0.2, -0.15) is 5.21 Å². The van der Waals surface area contributed by atoms with Gasteiger partial charge in [0.1, 0.15) is 11.9 Å². The van der Waals surface area contributed by atoms with Crippen LogP contribution < -0.4 is 0 Å². The molecule has 0 aliphatic heterocycles. The van der Waals surface area contributed by atoms with Crippen LogP contribution >= 0.6 is 0 Å². The van der Waals surface area contributed by atoms with Crippen LogP contribution in [0.1, 0.15) is 132 Å². The lowest BCUT2D eigenvalue weighted by atomic mass is 9.32. The van der Waals surface area contributed by atoms with Gasteiger partial charge in [0, 0.05) is 22.0 Å². The Labute approximate surface area is 314 Å². The number of aromatic nitrogens is 4. The molecular formula is C44H59FN4O4. The molecule has 286 valence electrons. The maximum Gasteiger partial charge on any atom is 0.309 e. The van der Waals surface area contributed by atoms with Gasteiger partial charge in [-0.3, -0.25) is 9.59 Å². The molecule has 0 spiro atoms. The predicted molar refractivity (Wildman–Crippen MR) is 201 cm³/mol. The van der Waals surface area contributed by atoms with Crippen molar-refractivity contribution in [3.8, 4) is 23.2 Å². The van der Waals surface area contributed by atoms with Crippen molar-refractivity contribution < 1.29 is 23.8 Å². The summed E-state index contributed by atoms with van der Waals surface area (Å²) in [5.74, 6) is 8.27. The number of benzene rings is 1. The SMILES string of the molecule is C=C(C)[C@@H]1CC[C@]2(C#Cc3cc(F)ccc3-c3nn[nH]n3)CC[C@]3(C)C(CCC4[C@@]5(C)CC[C@H](OC(=O)CC(C)(C)C(=O)O)C(C)(C)C5CC[C@]43C)C12. The Morgan fingerprint density at radius 1 is 1.00 bits per heavy atom. The number of aromatic amines is 1. The number of tetrazole rings is 1. The number of carbonyl (C=O) groups is 2. The van der Waals surface area contributed by atoms with E-state index < -0.39 is 17.4 Å². The number of fused-ring (bicyclic) bond motifs is 7. The van der Waals surface area contributed by atoms with E-state index in [4.69, 9.17) is 4.74 Å². The van der Waals surface area contributed by atoms with Crippen molar-refractivity contribution >= 4 is 11.9 Å². The summed E-state index contributed by atoms with van der Waals surface area (Å²) < 4.78 is 20.8. The second kappa shape index (κ2) is 12.8. The minimum absolute atomic E-state index is 0.106. The fourth-order valence-corrected chi connectivity index (χ4v) is 13.5. The first-order valence-electron chi connectivity index (χ1n) is 19.9. The van der Waals surface area contributed by atoms with Crippen LogP contribution in [-0.4, -0.2) is 43.8 Å². The van der Waals surface area contributed by atoms with Crippen LogP contribution in [0.15, 0.2) is 30.4 Å². The van der Waals surface area contributed by atoms with Crippen molar-refractivity contribution in [2.75, 3.05) is 0 Å². The van der Waals surface area contributed by atoms with Gasteiger partial charge in [0.15, 0.2) is 0 Å². The second-order valence-corrected chi connectivity index (χ2v) is 19.7. The van der Waals surface area contributed by atoms with E-state index in [2.05, 4.69) is 80.6 Å². The summed E-state index contributed by atoms with van der Waals surface area (Å²) >= 11 is 0. The number of hydrogen-bond donors (Lipinski definition) is 2. The van der Waals surface area contributed by atoms with Gasteiger partial charge in [-0.25, -0.2) is 4.39 Å². The lowest BCUT2D eigenvalue weighted by molar-refractivity contribution is -0.247. The molecule has 0 bridgehead atoms. The molecule has 0 saturated heterocycles. The molecule has 5 aliphatic rings. The second-order valence-electron chi connectivity index (χ2n) is 19.7. The van der Waals surface area contributed by atoms with Crippen molar-refractivity contribution in [1.82, 2.24) is 20.6 Å². The molecule has 1 heterocycles. The minimum Gasteiger partial charge on any atom is -0.481 e. The maximum absolute atomic E-state index is 14.6. The number of carboxylic acid groups (broad SMARTS) is 1. The third-order valence-electron chi connectivity index (χ3n) is 16.5. The third kappa shape index (κ3) is 5.79. The zero-order valence-corrected chi connectivity index (χ0v) is 33.1. The maximum atomic E-state index is 14.6. The van der Waals surface area contributed by atoms with E-state index in [0.29, 0.717) is 46.5 Å². The van der Waals surface area contributed by atoms with E-state index in [1.54, 1.807) is 19.9 Å². The normalized spacial score (nSPS) is 38.6. The number of ether oxygens (including phenoxy) is 1. The quantitative estimate of drug-likeness (QED) is 0.173. The highest BCUT2D eigenvalue weighted by atomic mass is 19.1. The third-order valence-corrected chi connectivity index (χ3v) is 16.5. The molecule has 8 nitrogen and oxygen atoms in total. The lowest BCUT2D eigenvalue weighted by Crippen LogP contribution is -2.66. The zero-order chi connectivity index (χ0) is 38.4. The first kappa shape index (κ1) is 37.8. The summed E-state index contributed by atoms with van der Waals surface area (Å²) in [5, 5.41) is 24.2. The van der Waals surface area contributed by atoms with Gasteiger partial charge >= 0.3 is 11.9 Å². The number of H-pyrrole nitrogens is 1. The van der Waals surface area contributed by atoms with E-state index in [1.165, 1.54) is 24.1 Å². The Kier molecular flexibility index (Phi) is 9.10. The summed E-state index contributed by atoms with van der Waals surface area (Å²) in [7, 11) is 0. The van der Waals surface area contributed by atoms with Crippen LogP contribution in [0, 0.1) is 79.7 Å². The first-order chi connectivity index (χ1) is 24.8. The highest BCUT2D eigenvalue weighted by Gasteiger charge is 2.71. The number of halogens is 1. The number of aliphatic carboxylic acids is 1. The van der Waals surface area contributed by atoms with Gasteiger partial charge in [0.25, 0.3) is 0 Å². The number of esters is 1. The van der Waals surface area contributed by atoms with Crippen LogP contribution in [0.25, 0.3) is 11.4 Å². The summed E-state index contributed by atoms with van der Waals surface area (Å²) in [4.78, 5) is 24.9. The molecule has 2 aromatic rings. The molecule has 9 heteroatoms. The van der Waals surface area contributed by atoms with Gasteiger partial charge in [0.2, 0.25) is 5.82 Å². The lowest BCUT2D eigenvalue weighted by Gasteiger charge is -2.72. The van der Waals surface area contributed by atoms with Gasteiger partial charge in [0.05, 0.1) is 11.8 Å². The number of carbonyl (C=O) groups excluding carboxylic acids is 1. The first-order valence-corrected chi connectivity index (χ1v) is 19.9. The summed E-state index contributed by atoms with van der Waals surface area (Å²) in [6, 6.07) is 4.62. The van der Waals surface area contributed by atoms with E-state index >= 15 is 0 Å². The van der Waals surface area contributed by atoms with Crippen LogP contribution in [0.3, 0.4) is 0 Å². The van der Waals surface area contributed by atoms with Gasteiger partial charge in [-0.05, 0) is 154 Å². The molecular weight excluding hydrogens is 668 g/mol. The number of allylic oxidation sites excluding steroid dienone is 1. The number of rotatable bonds is 6. The van der Waals surface area contributed by atoms with Crippen molar-refractivity contribution in [2.24, 2.45) is 62.1 Å². The van der Waals surface area contributed by atoms with Crippen molar-refractivity contribution in [2.45, 2.75) is 132 Å². The van der Waals surface area contributed by atoms with Crippen molar-refractivity contribution in [1.29, 1.82) is 0 Å². The van der Waals surface area contributed by atoms with Crippen LogP contribution in [0.5, 0.6) is 0 Å². The minimum atomic E-state index is -1.16. The molecule has 0 radical (unpaired) electrons. The van der Waals surface area contributed by atoms with Gasteiger partial charge in [-0.15, -0.1) is 10.2 Å². The highest BCUT2D eigenvalue weighted by molar-refractivity contribution is 5.81. The molecule has 5 saturated carbocycles.